The third-order valence-electron chi connectivity index (χ3n) is 3.67. The summed E-state index contributed by atoms with van der Waals surface area (Å²) < 4.78 is 5.36. The number of ether oxygens (including phenoxy) is 1. The van der Waals surface area contributed by atoms with Crippen molar-refractivity contribution in [1.29, 1.82) is 0 Å². The average molecular weight is 234 g/mol. The van der Waals surface area contributed by atoms with Gasteiger partial charge >= 0.3 is 0 Å². The van der Waals surface area contributed by atoms with Crippen LogP contribution in [0.5, 0.6) is 0 Å². The van der Waals surface area contributed by atoms with E-state index >= 15 is 0 Å². The summed E-state index contributed by atoms with van der Waals surface area (Å²) in [5.41, 5.74) is 3.63. The fourth-order valence-electron chi connectivity index (χ4n) is 2.59. The Morgan fingerprint density at radius 2 is 2.06 bits per heavy atom. The molecule has 17 heavy (non-hydrogen) atoms. The van der Waals surface area contributed by atoms with Gasteiger partial charge in [0, 0.05) is 37.9 Å². The van der Waals surface area contributed by atoms with E-state index in [1.807, 2.05) is 11.9 Å². The van der Waals surface area contributed by atoms with Crippen LogP contribution in [0.1, 0.15) is 5.56 Å². The molecule has 4 heteroatoms. The Kier molecular flexibility index (Phi) is 2.68. The quantitative estimate of drug-likeness (QED) is 0.781. The van der Waals surface area contributed by atoms with E-state index in [1.165, 1.54) is 11.3 Å². The summed E-state index contributed by atoms with van der Waals surface area (Å²) >= 11 is 0. The van der Waals surface area contributed by atoms with E-state index in [-0.39, 0.29) is 6.23 Å². The number of rotatable bonds is 1. The van der Waals surface area contributed by atoms with Gasteiger partial charge in [-0.25, -0.2) is 0 Å². The van der Waals surface area contributed by atoms with Crippen molar-refractivity contribution in [2.45, 2.75) is 12.6 Å². The van der Waals surface area contributed by atoms with Gasteiger partial charge in [-0.15, -0.1) is 0 Å². The van der Waals surface area contributed by atoms with E-state index in [0.29, 0.717) is 0 Å². The number of fused-ring (bicyclic) bond motifs is 1. The molecule has 0 radical (unpaired) electrons. The highest BCUT2D eigenvalue weighted by Gasteiger charge is 2.25. The molecule has 1 fully saturated rings. The summed E-state index contributed by atoms with van der Waals surface area (Å²) in [7, 11) is 1.94. The zero-order valence-electron chi connectivity index (χ0n) is 10.1. The molecule has 4 nitrogen and oxygen atoms in total. The van der Waals surface area contributed by atoms with Gasteiger partial charge in [0.15, 0.2) is 0 Å². The zero-order chi connectivity index (χ0) is 11.8. The maximum absolute atomic E-state index is 9.81. The van der Waals surface area contributed by atoms with Crippen LogP contribution in [-0.4, -0.2) is 44.7 Å². The van der Waals surface area contributed by atoms with Gasteiger partial charge in [0.2, 0.25) is 0 Å². The van der Waals surface area contributed by atoms with Gasteiger partial charge < -0.3 is 19.6 Å². The number of benzene rings is 1. The Hall–Kier alpha value is -1.26. The predicted octanol–water partition coefficient (Wildman–Crippen LogP) is 0.834. The monoisotopic (exact) mass is 234 g/mol. The zero-order valence-corrected chi connectivity index (χ0v) is 10.1. The van der Waals surface area contributed by atoms with Gasteiger partial charge in [0.05, 0.1) is 13.2 Å². The topological polar surface area (TPSA) is 35.9 Å². The summed E-state index contributed by atoms with van der Waals surface area (Å²) in [5.74, 6) is 0. The van der Waals surface area contributed by atoms with Crippen LogP contribution in [0.3, 0.4) is 0 Å². The first-order chi connectivity index (χ1) is 8.25. The van der Waals surface area contributed by atoms with Crippen LogP contribution in [0.2, 0.25) is 0 Å². The molecule has 0 amide bonds. The van der Waals surface area contributed by atoms with Crippen molar-refractivity contribution in [3.05, 3.63) is 23.8 Å². The third kappa shape index (κ3) is 1.87. The second kappa shape index (κ2) is 4.20. The molecule has 1 aromatic carbocycles. The molecule has 1 N–H and O–H groups in total. The van der Waals surface area contributed by atoms with Crippen molar-refractivity contribution in [2.75, 3.05) is 43.2 Å². The van der Waals surface area contributed by atoms with Crippen molar-refractivity contribution >= 4 is 11.4 Å². The summed E-state index contributed by atoms with van der Waals surface area (Å²) in [5, 5.41) is 9.81. The number of nitrogens with zero attached hydrogens (tertiary/aromatic N) is 2. The molecular weight excluding hydrogens is 216 g/mol. The van der Waals surface area contributed by atoms with Crippen LogP contribution < -0.4 is 9.80 Å². The van der Waals surface area contributed by atoms with Crippen molar-refractivity contribution in [2.24, 2.45) is 0 Å². The molecule has 2 aliphatic rings. The van der Waals surface area contributed by atoms with E-state index in [2.05, 4.69) is 23.1 Å². The summed E-state index contributed by atoms with van der Waals surface area (Å²) in [6, 6.07) is 6.45. The Morgan fingerprint density at radius 3 is 2.82 bits per heavy atom. The number of likely N-dealkylation sites (N-methyl/N-ethyl adjacent to an activating group) is 1. The lowest BCUT2D eigenvalue weighted by atomic mass is 10.1. The first-order valence-corrected chi connectivity index (χ1v) is 6.12. The van der Waals surface area contributed by atoms with Gasteiger partial charge in [0.1, 0.15) is 6.23 Å². The standard InChI is InChI=1S/C13H18N2O2/c1-14-12-3-2-11(8-10(12)9-13(14)16)15-4-6-17-7-5-15/h2-3,8,13,16H,4-7,9H2,1H3. The Balaban J connectivity index is 1.86. The maximum Gasteiger partial charge on any atom is 0.130 e. The lowest BCUT2D eigenvalue weighted by Crippen LogP contribution is -2.36. The van der Waals surface area contributed by atoms with Gasteiger partial charge in [0.25, 0.3) is 0 Å². The second-order valence-electron chi connectivity index (χ2n) is 4.71. The molecule has 0 spiro atoms. The highest BCUT2D eigenvalue weighted by Crippen LogP contribution is 2.33. The van der Waals surface area contributed by atoms with Crippen molar-refractivity contribution in [3.63, 3.8) is 0 Å². The molecule has 92 valence electrons. The van der Waals surface area contributed by atoms with Gasteiger partial charge in [-0.05, 0) is 23.8 Å². The third-order valence-corrected chi connectivity index (χ3v) is 3.67. The molecule has 3 rings (SSSR count). The minimum atomic E-state index is -0.370. The second-order valence-corrected chi connectivity index (χ2v) is 4.71. The largest absolute Gasteiger partial charge is 0.378 e. The van der Waals surface area contributed by atoms with E-state index < -0.39 is 0 Å². The number of morpholine rings is 1. The molecule has 0 saturated carbocycles. The van der Waals surface area contributed by atoms with Crippen LogP contribution in [-0.2, 0) is 11.2 Å². The Morgan fingerprint density at radius 1 is 1.29 bits per heavy atom. The van der Waals surface area contributed by atoms with Crippen LogP contribution in [0.4, 0.5) is 11.4 Å². The molecule has 1 saturated heterocycles. The molecule has 2 aliphatic heterocycles. The SMILES string of the molecule is CN1c2ccc(N3CCOCC3)cc2CC1O. The van der Waals surface area contributed by atoms with Crippen molar-refractivity contribution in [1.82, 2.24) is 0 Å². The highest BCUT2D eigenvalue weighted by atomic mass is 16.5. The van der Waals surface area contributed by atoms with Crippen LogP contribution in [0.25, 0.3) is 0 Å². The normalized spacial score (nSPS) is 24.0. The van der Waals surface area contributed by atoms with Crippen molar-refractivity contribution < 1.29 is 9.84 Å². The molecule has 0 bridgehead atoms. The summed E-state index contributed by atoms with van der Waals surface area (Å²) in [6.45, 7) is 3.52. The Labute approximate surface area is 101 Å². The maximum atomic E-state index is 9.81. The van der Waals surface area contributed by atoms with Crippen molar-refractivity contribution in [3.8, 4) is 0 Å². The lowest BCUT2D eigenvalue weighted by Gasteiger charge is -2.29. The molecular formula is C13H18N2O2. The molecule has 1 aromatic rings. The van der Waals surface area contributed by atoms with E-state index in [9.17, 15) is 5.11 Å². The minimum absolute atomic E-state index is 0.370. The predicted molar refractivity (Wildman–Crippen MR) is 67.6 cm³/mol. The minimum Gasteiger partial charge on any atom is -0.378 e. The van der Waals surface area contributed by atoms with E-state index in [0.717, 1.165) is 38.4 Å². The molecule has 1 atom stereocenters. The molecule has 2 heterocycles. The smallest absolute Gasteiger partial charge is 0.130 e. The van der Waals surface area contributed by atoms with Crippen LogP contribution in [0.15, 0.2) is 18.2 Å². The first kappa shape index (κ1) is 10.9. The van der Waals surface area contributed by atoms with Crippen LogP contribution >= 0.6 is 0 Å². The van der Waals surface area contributed by atoms with Gasteiger partial charge in [-0.2, -0.15) is 0 Å². The molecule has 0 aliphatic carbocycles. The Bertz CT molecular complexity index is 416. The fourth-order valence-corrected chi connectivity index (χ4v) is 2.59. The van der Waals surface area contributed by atoms with Gasteiger partial charge in [-0.3, -0.25) is 0 Å². The van der Waals surface area contributed by atoms with E-state index in [1.54, 1.807) is 0 Å². The summed E-state index contributed by atoms with van der Waals surface area (Å²) in [6.07, 6.45) is 0.356. The van der Waals surface area contributed by atoms with Crippen LogP contribution in [0, 0.1) is 0 Å². The number of aliphatic hydroxyl groups excluding tert-OH is 1. The highest BCUT2D eigenvalue weighted by molar-refractivity contribution is 5.65. The molecule has 1 unspecified atom stereocenters. The molecule has 0 aromatic heterocycles. The summed E-state index contributed by atoms with van der Waals surface area (Å²) in [4.78, 5) is 4.27. The van der Waals surface area contributed by atoms with E-state index in [4.69, 9.17) is 4.74 Å². The number of aliphatic hydroxyl groups is 1. The average Bonchev–Trinajstić information content (AvgIpc) is 2.66. The van der Waals surface area contributed by atoms with Gasteiger partial charge in [-0.1, -0.05) is 0 Å². The number of hydrogen-bond acceptors (Lipinski definition) is 4. The lowest BCUT2D eigenvalue weighted by molar-refractivity contribution is 0.122. The number of anilines is 2. The first-order valence-electron chi connectivity index (χ1n) is 6.12. The number of hydrogen-bond donors (Lipinski definition) is 1. The fraction of sp³-hybridized carbons (Fsp3) is 0.538.